The monoisotopic (exact) mass is 185 g/mol. The summed E-state index contributed by atoms with van der Waals surface area (Å²) in [6.07, 6.45) is -1.17. The number of benzene rings is 1. The molecule has 4 nitrogen and oxygen atoms in total. The Labute approximate surface area is 73.6 Å². The minimum atomic E-state index is -1.17. The third-order valence-corrected chi connectivity index (χ3v) is 1.46. The molecule has 0 fully saturated rings. The highest BCUT2D eigenvalue weighted by Crippen LogP contribution is 2.15. The summed E-state index contributed by atoms with van der Waals surface area (Å²) < 4.78 is 12.7. The molecule has 0 heterocycles. The maximum Gasteiger partial charge on any atom is 0.404 e. The topological polar surface area (TPSA) is 69.6 Å². The van der Waals surface area contributed by atoms with Gasteiger partial charge in [-0.15, -0.1) is 0 Å². The van der Waals surface area contributed by atoms with E-state index >= 15 is 0 Å². The lowest BCUT2D eigenvalue weighted by atomic mass is 10.2. The van der Waals surface area contributed by atoms with Gasteiger partial charge < -0.3 is 15.5 Å². The molecule has 1 aromatic carbocycles. The van der Waals surface area contributed by atoms with Crippen molar-refractivity contribution in [3.05, 3.63) is 29.6 Å². The number of carbonyl (C=O) groups is 1. The summed E-state index contributed by atoms with van der Waals surface area (Å²) in [5.74, 6) is -1.20. The Bertz CT molecular complexity index is 327. The first-order chi connectivity index (χ1) is 6.09. The summed E-state index contributed by atoms with van der Waals surface area (Å²) in [6.45, 7) is 0.0204. The first-order valence-electron chi connectivity index (χ1n) is 3.54. The number of phenols is 1. The van der Waals surface area contributed by atoms with Crippen LogP contribution in [0.5, 0.6) is 5.75 Å². The molecule has 0 radical (unpaired) electrons. The molecule has 0 aliphatic heterocycles. The molecule has 3 N–H and O–H groups in total. The third-order valence-electron chi connectivity index (χ3n) is 1.46. The average molecular weight is 185 g/mol. The Morgan fingerprint density at radius 1 is 1.54 bits per heavy atom. The Kier molecular flexibility index (Phi) is 2.69. The van der Waals surface area contributed by atoms with E-state index in [-0.39, 0.29) is 6.54 Å². The van der Waals surface area contributed by atoms with Gasteiger partial charge in [-0.3, -0.25) is 0 Å². The number of hydrogen-bond acceptors (Lipinski definition) is 2. The fourth-order valence-corrected chi connectivity index (χ4v) is 0.838. The molecule has 0 aliphatic rings. The Balaban J connectivity index is 2.68. The molecule has 13 heavy (non-hydrogen) atoms. The minimum Gasteiger partial charge on any atom is -0.505 e. The van der Waals surface area contributed by atoms with Crippen LogP contribution >= 0.6 is 0 Å². The van der Waals surface area contributed by atoms with Crippen molar-refractivity contribution in [1.29, 1.82) is 0 Å². The second-order valence-corrected chi connectivity index (χ2v) is 2.44. The van der Waals surface area contributed by atoms with Crippen LogP contribution in [0.2, 0.25) is 0 Å². The molecule has 1 amide bonds. The van der Waals surface area contributed by atoms with Gasteiger partial charge in [0.05, 0.1) is 0 Å². The molecule has 0 bridgehead atoms. The molecule has 0 aliphatic carbocycles. The molecule has 1 rings (SSSR count). The molecule has 0 saturated heterocycles. The molecule has 0 saturated carbocycles. The van der Waals surface area contributed by atoms with Crippen LogP contribution in [-0.2, 0) is 6.54 Å². The van der Waals surface area contributed by atoms with Gasteiger partial charge in [-0.1, -0.05) is 6.07 Å². The molecule has 1 aromatic rings. The van der Waals surface area contributed by atoms with Gasteiger partial charge in [0.2, 0.25) is 0 Å². The molecular formula is C8H8FNO3. The van der Waals surface area contributed by atoms with E-state index in [2.05, 4.69) is 5.32 Å². The van der Waals surface area contributed by atoms with Crippen LogP contribution in [0.4, 0.5) is 9.18 Å². The highest BCUT2D eigenvalue weighted by molar-refractivity contribution is 5.64. The highest BCUT2D eigenvalue weighted by Gasteiger charge is 2.02. The Morgan fingerprint density at radius 2 is 2.23 bits per heavy atom. The highest BCUT2D eigenvalue weighted by atomic mass is 19.1. The van der Waals surface area contributed by atoms with Crippen molar-refractivity contribution >= 4 is 6.09 Å². The van der Waals surface area contributed by atoms with E-state index in [9.17, 15) is 9.18 Å². The van der Waals surface area contributed by atoms with Crippen LogP contribution in [0, 0.1) is 5.82 Å². The SMILES string of the molecule is O=C(O)NCc1ccc(O)c(F)c1. The van der Waals surface area contributed by atoms with Crippen molar-refractivity contribution in [1.82, 2.24) is 5.32 Å². The van der Waals surface area contributed by atoms with E-state index in [1.165, 1.54) is 12.1 Å². The van der Waals surface area contributed by atoms with E-state index in [0.29, 0.717) is 5.56 Å². The minimum absolute atomic E-state index is 0.0204. The van der Waals surface area contributed by atoms with Crippen molar-refractivity contribution in [3.63, 3.8) is 0 Å². The summed E-state index contributed by atoms with van der Waals surface area (Å²) in [5, 5.41) is 19.1. The second-order valence-electron chi connectivity index (χ2n) is 2.44. The maximum atomic E-state index is 12.7. The predicted octanol–water partition coefficient (Wildman–Crippen LogP) is 1.30. The lowest BCUT2D eigenvalue weighted by Crippen LogP contribution is -2.19. The van der Waals surface area contributed by atoms with Gasteiger partial charge in [0.25, 0.3) is 0 Å². The zero-order valence-corrected chi connectivity index (χ0v) is 6.62. The van der Waals surface area contributed by atoms with Crippen molar-refractivity contribution in [2.75, 3.05) is 0 Å². The van der Waals surface area contributed by atoms with Gasteiger partial charge in [-0.05, 0) is 17.7 Å². The number of hydrogen-bond donors (Lipinski definition) is 3. The molecular weight excluding hydrogens is 177 g/mol. The number of aromatic hydroxyl groups is 1. The standard InChI is InChI=1S/C8H8FNO3/c9-6-3-5(1-2-7(6)11)4-10-8(12)13/h1-3,10-11H,4H2,(H,12,13). The first kappa shape index (κ1) is 9.31. The lowest BCUT2D eigenvalue weighted by molar-refractivity contribution is 0.194. The second kappa shape index (κ2) is 3.75. The molecule has 0 aromatic heterocycles. The summed E-state index contributed by atoms with van der Waals surface area (Å²) in [5.41, 5.74) is 0.456. The number of amides is 1. The van der Waals surface area contributed by atoms with Crippen LogP contribution in [0.1, 0.15) is 5.56 Å². The fourth-order valence-electron chi connectivity index (χ4n) is 0.838. The largest absolute Gasteiger partial charge is 0.505 e. The van der Waals surface area contributed by atoms with Crippen LogP contribution in [0.15, 0.2) is 18.2 Å². The number of halogens is 1. The first-order valence-corrected chi connectivity index (χ1v) is 3.54. The number of carboxylic acid groups (broad SMARTS) is 1. The van der Waals surface area contributed by atoms with Gasteiger partial charge in [0.1, 0.15) is 0 Å². The van der Waals surface area contributed by atoms with E-state index in [4.69, 9.17) is 10.2 Å². The summed E-state index contributed by atoms with van der Waals surface area (Å²) in [7, 11) is 0. The van der Waals surface area contributed by atoms with Crippen molar-refractivity contribution in [2.24, 2.45) is 0 Å². The van der Waals surface area contributed by atoms with E-state index in [1.807, 2.05) is 0 Å². The molecule has 5 heteroatoms. The summed E-state index contributed by atoms with van der Waals surface area (Å²) in [4.78, 5) is 10.1. The zero-order chi connectivity index (χ0) is 9.84. The number of rotatable bonds is 2. The molecule has 0 spiro atoms. The normalized spacial score (nSPS) is 9.62. The molecule has 0 atom stereocenters. The van der Waals surface area contributed by atoms with Crippen LogP contribution in [0.25, 0.3) is 0 Å². The van der Waals surface area contributed by atoms with Crippen molar-refractivity contribution in [3.8, 4) is 5.75 Å². The van der Waals surface area contributed by atoms with Gasteiger partial charge in [0.15, 0.2) is 11.6 Å². The Hall–Kier alpha value is -1.78. The van der Waals surface area contributed by atoms with E-state index in [1.54, 1.807) is 0 Å². The average Bonchev–Trinajstić information content (AvgIpc) is 2.07. The van der Waals surface area contributed by atoms with Crippen molar-refractivity contribution < 1.29 is 19.4 Å². The van der Waals surface area contributed by atoms with E-state index < -0.39 is 17.7 Å². The van der Waals surface area contributed by atoms with Crippen molar-refractivity contribution in [2.45, 2.75) is 6.54 Å². The number of phenolic OH excluding ortho intramolecular Hbond substituents is 1. The van der Waals surface area contributed by atoms with Gasteiger partial charge >= 0.3 is 6.09 Å². The Morgan fingerprint density at radius 3 is 2.77 bits per heavy atom. The molecule has 70 valence electrons. The quantitative estimate of drug-likeness (QED) is 0.650. The zero-order valence-electron chi connectivity index (χ0n) is 6.62. The number of nitrogens with one attached hydrogen (secondary N) is 1. The van der Waals surface area contributed by atoms with Crippen LogP contribution < -0.4 is 5.32 Å². The third kappa shape index (κ3) is 2.62. The summed E-state index contributed by atoms with van der Waals surface area (Å²) >= 11 is 0. The summed E-state index contributed by atoms with van der Waals surface area (Å²) in [6, 6.07) is 3.69. The van der Waals surface area contributed by atoms with E-state index in [0.717, 1.165) is 6.07 Å². The smallest absolute Gasteiger partial charge is 0.404 e. The lowest BCUT2D eigenvalue weighted by Gasteiger charge is -2.01. The fraction of sp³-hybridized carbons (Fsp3) is 0.125. The van der Waals surface area contributed by atoms with Crippen LogP contribution in [-0.4, -0.2) is 16.3 Å². The predicted molar refractivity (Wildman–Crippen MR) is 42.9 cm³/mol. The molecule has 0 unspecified atom stereocenters. The van der Waals surface area contributed by atoms with Gasteiger partial charge in [-0.2, -0.15) is 0 Å². The maximum absolute atomic E-state index is 12.7. The van der Waals surface area contributed by atoms with Gasteiger partial charge in [0, 0.05) is 6.54 Å². The van der Waals surface area contributed by atoms with Gasteiger partial charge in [-0.25, -0.2) is 9.18 Å². The van der Waals surface area contributed by atoms with Crippen LogP contribution in [0.3, 0.4) is 0 Å².